The number of hydrogen-bond acceptors (Lipinski definition) is 4. The molecule has 0 radical (unpaired) electrons. The fourth-order valence-electron chi connectivity index (χ4n) is 4.42. The quantitative estimate of drug-likeness (QED) is 0.876. The molecule has 6 nitrogen and oxygen atoms in total. The molecular weight excluding hydrogens is 326 g/mol. The molecule has 1 aromatic rings. The van der Waals surface area contributed by atoms with Crippen LogP contribution in [0.5, 0.6) is 0 Å². The Balaban J connectivity index is 1.65. The van der Waals surface area contributed by atoms with Crippen molar-refractivity contribution in [2.24, 2.45) is 16.7 Å². The summed E-state index contributed by atoms with van der Waals surface area (Å²) in [5.41, 5.74) is 0.837. The first-order chi connectivity index (χ1) is 11.0. The number of carbonyl (C=O) groups excluding carboxylic acids is 1. The highest BCUT2D eigenvalue weighted by atomic mass is 32.2. The Labute approximate surface area is 143 Å². The van der Waals surface area contributed by atoms with Crippen LogP contribution in [0.25, 0.3) is 0 Å². The van der Waals surface area contributed by atoms with Crippen LogP contribution in [0, 0.1) is 16.7 Å². The molecule has 2 bridgehead atoms. The van der Waals surface area contributed by atoms with Gasteiger partial charge in [-0.25, -0.2) is 18.2 Å². The molecule has 2 aliphatic rings. The van der Waals surface area contributed by atoms with Crippen molar-refractivity contribution in [1.82, 2.24) is 10.3 Å². The number of nitrogens with zero attached hydrogens (tertiary/aromatic N) is 1. The van der Waals surface area contributed by atoms with Gasteiger partial charge in [0, 0.05) is 12.3 Å². The summed E-state index contributed by atoms with van der Waals surface area (Å²) in [5.74, 6) is 0.656. The predicted octanol–water partition coefficient (Wildman–Crippen LogP) is 2.82. The topological polar surface area (TPSA) is 88.2 Å². The SMILES string of the molecule is CC1(C)C2CCC1(C)C(NC(=O)Nc1ccc(S(C)(=O)=O)nc1)C2. The van der Waals surface area contributed by atoms with Gasteiger partial charge in [0.1, 0.15) is 0 Å². The van der Waals surface area contributed by atoms with Crippen LogP contribution in [-0.4, -0.2) is 31.7 Å². The minimum Gasteiger partial charge on any atom is -0.335 e. The number of urea groups is 1. The second kappa shape index (κ2) is 5.44. The standard InChI is InChI=1S/C17H25N3O3S/c1-16(2)11-7-8-17(16,3)13(9-11)20-15(21)19-12-5-6-14(18-10-12)24(4,22)23/h5-6,10-11,13H,7-9H2,1-4H3,(H2,19,20,21). The van der Waals surface area contributed by atoms with Gasteiger partial charge in [-0.2, -0.15) is 0 Å². The normalized spacial score (nSPS) is 31.0. The van der Waals surface area contributed by atoms with E-state index >= 15 is 0 Å². The smallest absolute Gasteiger partial charge is 0.319 e. The summed E-state index contributed by atoms with van der Waals surface area (Å²) in [6.07, 6.45) is 5.86. The van der Waals surface area contributed by atoms with E-state index in [4.69, 9.17) is 0 Å². The van der Waals surface area contributed by atoms with Gasteiger partial charge in [0.05, 0.1) is 11.9 Å². The maximum Gasteiger partial charge on any atom is 0.319 e. The van der Waals surface area contributed by atoms with Crippen LogP contribution in [0.2, 0.25) is 0 Å². The van der Waals surface area contributed by atoms with E-state index in [2.05, 4.69) is 36.4 Å². The van der Waals surface area contributed by atoms with E-state index in [-0.39, 0.29) is 27.9 Å². The first kappa shape index (κ1) is 17.2. The van der Waals surface area contributed by atoms with E-state index in [1.54, 1.807) is 6.07 Å². The summed E-state index contributed by atoms with van der Waals surface area (Å²) >= 11 is 0. The third-order valence-electron chi connectivity index (χ3n) is 6.47. The van der Waals surface area contributed by atoms with Crippen LogP contribution in [-0.2, 0) is 9.84 Å². The summed E-state index contributed by atoms with van der Waals surface area (Å²) in [4.78, 5) is 16.2. The molecule has 3 atom stereocenters. The summed E-state index contributed by atoms with van der Waals surface area (Å²) in [5, 5.41) is 5.84. The van der Waals surface area contributed by atoms with Gasteiger partial charge in [-0.3, -0.25) is 0 Å². The molecule has 1 aromatic heterocycles. The number of carbonyl (C=O) groups is 1. The average Bonchev–Trinajstić information content (AvgIpc) is 2.80. The largest absolute Gasteiger partial charge is 0.335 e. The monoisotopic (exact) mass is 351 g/mol. The van der Waals surface area contributed by atoms with Crippen LogP contribution >= 0.6 is 0 Å². The highest BCUT2D eigenvalue weighted by molar-refractivity contribution is 7.90. The molecule has 3 rings (SSSR count). The minimum absolute atomic E-state index is 0.00387. The molecule has 3 unspecified atom stereocenters. The lowest BCUT2D eigenvalue weighted by Gasteiger charge is -2.39. The van der Waals surface area contributed by atoms with Crippen LogP contribution in [0.3, 0.4) is 0 Å². The molecule has 1 heterocycles. The number of fused-ring (bicyclic) bond motifs is 2. The highest BCUT2D eigenvalue weighted by Gasteiger charge is 2.61. The molecule has 2 saturated carbocycles. The average molecular weight is 351 g/mol. The van der Waals surface area contributed by atoms with Crippen LogP contribution in [0.4, 0.5) is 10.5 Å². The van der Waals surface area contributed by atoms with Crippen molar-refractivity contribution in [2.45, 2.75) is 51.1 Å². The zero-order chi connectivity index (χ0) is 17.8. The predicted molar refractivity (Wildman–Crippen MR) is 92.5 cm³/mol. The number of pyridine rings is 1. The number of anilines is 1. The van der Waals surface area contributed by atoms with Gasteiger partial charge in [0.2, 0.25) is 0 Å². The molecule has 2 fully saturated rings. The van der Waals surface area contributed by atoms with E-state index in [1.165, 1.54) is 18.7 Å². The Hall–Kier alpha value is -1.63. The Morgan fingerprint density at radius 1 is 1.29 bits per heavy atom. The van der Waals surface area contributed by atoms with Crippen molar-refractivity contribution < 1.29 is 13.2 Å². The van der Waals surface area contributed by atoms with Crippen LogP contribution in [0.1, 0.15) is 40.0 Å². The molecule has 24 heavy (non-hydrogen) atoms. The molecule has 2 amide bonds. The molecule has 0 aromatic carbocycles. The third-order valence-corrected chi connectivity index (χ3v) is 7.47. The Morgan fingerprint density at radius 2 is 2.00 bits per heavy atom. The molecule has 132 valence electrons. The zero-order valence-electron chi connectivity index (χ0n) is 14.6. The van der Waals surface area contributed by atoms with E-state index in [0.29, 0.717) is 11.6 Å². The molecule has 0 saturated heterocycles. The van der Waals surface area contributed by atoms with Gasteiger partial charge in [0.25, 0.3) is 0 Å². The Kier molecular flexibility index (Phi) is 3.90. The third kappa shape index (κ3) is 2.68. The van der Waals surface area contributed by atoms with Gasteiger partial charge < -0.3 is 10.6 Å². The molecule has 2 N–H and O–H groups in total. The fraction of sp³-hybridized carbons (Fsp3) is 0.647. The molecule has 0 aliphatic heterocycles. The first-order valence-electron chi connectivity index (χ1n) is 8.28. The molecule has 7 heteroatoms. The maximum absolute atomic E-state index is 12.3. The first-order valence-corrected chi connectivity index (χ1v) is 10.2. The number of hydrogen-bond donors (Lipinski definition) is 2. The van der Waals surface area contributed by atoms with E-state index in [1.807, 2.05) is 0 Å². The van der Waals surface area contributed by atoms with E-state index in [0.717, 1.165) is 19.1 Å². The highest BCUT2D eigenvalue weighted by Crippen LogP contribution is 2.65. The van der Waals surface area contributed by atoms with Crippen molar-refractivity contribution in [3.63, 3.8) is 0 Å². The summed E-state index contributed by atoms with van der Waals surface area (Å²) in [6.45, 7) is 6.88. The summed E-state index contributed by atoms with van der Waals surface area (Å²) in [6, 6.07) is 2.84. The second-order valence-electron chi connectivity index (χ2n) is 7.92. The van der Waals surface area contributed by atoms with Gasteiger partial charge >= 0.3 is 6.03 Å². The molecule has 0 spiro atoms. The van der Waals surface area contributed by atoms with Crippen molar-refractivity contribution >= 4 is 21.6 Å². The van der Waals surface area contributed by atoms with Crippen molar-refractivity contribution in [3.8, 4) is 0 Å². The summed E-state index contributed by atoms with van der Waals surface area (Å²) in [7, 11) is -3.33. The summed E-state index contributed by atoms with van der Waals surface area (Å²) < 4.78 is 22.8. The second-order valence-corrected chi connectivity index (χ2v) is 9.88. The number of nitrogens with one attached hydrogen (secondary N) is 2. The van der Waals surface area contributed by atoms with Crippen LogP contribution < -0.4 is 10.6 Å². The lowest BCUT2D eigenvalue weighted by Crippen LogP contribution is -2.48. The Bertz CT molecular complexity index is 758. The Morgan fingerprint density at radius 3 is 2.46 bits per heavy atom. The lowest BCUT2D eigenvalue weighted by atomic mass is 9.69. The van der Waals surface area contributed by atoms with Crippen molar-refractivity contribution in [1.29, 1.82) is 0 Å². The number of aromatic nitrogens is 1. The van der Waals surface area contributed by atoms with Gasteiger partial charge in [0.15, 0.2) is 14.9 Å². The number of amides is 2. The van der Waals surface area contributed by atoms with Crippen LogP contribution in [0.15, 0.2) is 23.4 Å². The van der Waals surface area contributed by atoms with Gasteiger partial charge in [-0.05, 0) is 48.1 Å². The molecule has 2 aliphatic carbocycles. The van der Waals surface area contributed by atoms with E-state index < -0.39 is 9.84 Å². The lowest BCUT2D eigenvalue weighted by molar-refractivity contribution is 0.125. The number of rotatable bonds is 3. The van der Waals surface area contributed by atoms with Gasteiger partial charge in [-0.1, -0.05) is 20.8 Å². The van der Waals surface area contributed by atoms with Crippen molar-refractivity contribution in [2.75, 3.05) is 11.6 Å². The van der Waals surface area contributed by atoms with Gasteiger partial charge in [-0.15, -0.1) is 0 Å². The minimum atomic E-state index is -3.33. The number of sulfone groups is 1. The fourth-order valence-corrected chi connectivity index (χ4v) is 4.98. The van der Waals surface area contributed by atoms with Crippen molar-refractivity contribution in [3.05, 3.63) is 18.3 Å². The van der Waals surface area contributed by atoms with E-state index in [9.17, 15) is 13.2 Å². The maximum atomic E-state index is 12.3. The molecular formula is C17H25N3O3S. The zero-order valence-corrected chi connectivity index (χ0v) is 15.4.